The molecule has 1 atom stereocenters. The van der Waals surface area contributed by atoms with Gasteiger partial charge in [0.15, 0.2) is 6.10 Å². The molecule has 1 aromatic heterocycles. The molecule has 0 saturated carbocycles. The van der Waals surface area contributed by atoms with Crippen LogP contribution in [0.25, 0.3) is 0 Å². The number of alkyl halides is 3. The van der Waals surface area contributed by atoms with Gasteiger partial charge in [0.25, 0.3) is 0 Å². The highest BCUT2D eigenvalue weighted by atomic mass is 19.4. The third-order valence-electron chi connectivity index (χ3n) is 2.95. The minimum Gasteiger partial charge on any atom is -0.379 e. The summed E-state index contributed by atoms with van der Waals surface area (Å²) < 4.78 is 52.3. The Kier molecular flexibility index (Phi) is 4.00. The molecular formula is C14H10F4N2O. The summed E-state index contributed by atoms with van der Waals surface area (Å²) in [4.78, 5) is 0. The number of hydrogen-bond donors (Lipinski definition) is 1. The molecule has 110 valence electrons. The number of rotatable bonds is 3. The van der Waals surface area contributed by atoms with Crippen LogP contribution in [0.3, 0.4) is 0 Å². The zero-order chi connectivity index (χ0) is 15.6. The van der Waals surface area contributed by atoms with E-state index in [-0.39, 0.29) is 23.2 Å². The van der Waals surface area contributed by atoms with Crippen molar-refractivity contribution < 1.29 is 22.7 Å². The third kappa shape index (κ3) is 3.23. The van der Waals surface area contributed by atoms with E-state index in [4.69, 9.17) is 10.4 Å². The van der Waals surface area contributed by atoms with Gasteiger partial charge in [-0.3, -0.25) is 0 Å². The van der Waals surface area contributed by atoms with E-state index in [2.05, 4.69) is 0 Å². The molecule has 0 aliphatic heterocycles. The number of halogens is 4. The van der Waals surface area contributed by atoms with Crippen molar-refractivity contribution in [3.8, 4) is 6.07 Å². The Balaban J connectivity index is 2.23. The van der Waals surface area contributed by atoms with Gasteiger partial charge in [0, 0.05) is 30.1 Å². The summed E-state index contributed by atoms with van der Waals surface area (Å²) in [6.45, 7) is -0.0358. The molecule has 0 spiro atoms. The number of aliphatic hydroxyl groups excluding tert-OH is 1. The molecule has 2 aromatic rings. The fraction of sp³-hybridized carbons (Fsp3) is 0.214. The van der Waals surface area contributed by atoms with Crippen LogP contribution in [0.2, 0.25) is 0 Å². The first-order chi connectivity index (χ1) is 9.82. The molecule has 1 unspecified atom stereocenters. The Morgan fingerprint density at radius 2 is 2.00 bits per heavy atom. The number of aromatic nitrogens is 1. The fourth-order valence-corrected chi connectivity index (χ4v) is 1.89. The second-order valence-electron chi connectivity index (χ2n) is 4.45. The quantitative estimate of drug-likeness (QED) is 0.885. The first-order valence-electron chi connectivity index (χ1n) is 5.91. The number of nitrogens with zero attached hydrogens (tertiary/aromatic N) is 2. The van der Waals surface area contributed by atoms with Gasteiger partial charge in [0.2, 0.25) is 0 Å². The molecule has 0 amide bonds. The van der Waals surface area contributed by atoms with Gasteiger partial charge in [-0.15, -0.1) is 0 Å². The van der Waals surface area contributed by atoms with Gasteiger partial charge >= 0.3 is 6.18 Å². The molecule has 0 saturated heterocycles. The minimum atomic E-state index is -4.75. The molecule has 0 aliphatic rings. The molecular weight excluding hydrogens is 288 g/mol. The first-order valence-corrected chi connectivity index (χ1v) is 5.91. The summed E-state index contributed by atoms with van der Waals surface area (Å²) in [5.41, 5.74) is -0.271. The predicted octanol–water partition coefficient (Wildman–Crippen LogP) is 3.14. The number of hydrogen-bond acceptors (Lipinski definition) is 2. The third-order valence-corrected chi connectivity index (χ3v) is 2.95. The summed E-state index contributed by atoms with van der Waals surface area (Å²) in [5.74, 6) is -0.702. The maximum absolute atomic E-state index is 13.8. The molecule has 1 N–H and O–H groups in total. The van der Waals surface area contributed by atoms with Gasteiger partial charge in [0.05, 0.1) is 5.56 Å². The van der Waals surface area contributed by atoms with Crippen molar-refractivity contribution in [1.29, 1.82) is 5.26 Å². The van der Waals surface area contributed by atoms with E-state index in [0.717, 1.165) is 12.3 Å². The van der Waals surface area contributed by atoms with Crippen molar-refractivity contribution in [2.75, 3.05) is 0 Å². The number of aliphatic hydroxyl groups is 1. The molecule has 1 heterocycles. The van der Waals surface area contributed by atoms with Crippen LogP contribution >= 0.6 is 0 Å². The van der Waals surface area contributed by atoms with E-state index < -0.39 is 18.1 Å². The maximum atomic E-state index is 13.8. The molecule has 0 radical (unpaired) electrons. The molecule has 1 aromatic carbocycles. The number of nitriles is 1. The van der Waals surface area contributed by atoms with Crippen molar-refractivity contribution in [3.05, 3.63) is 59.2 Å². The summed E-state index contributed by atoms with van der Waals surface area (Å²) >= 11 is 0. The highest BCUT2D eigenvalue weighted by Crippen LogP contribution is 2.32. The summed E-state index contributed by atoms with van der Waals surface area (Å²) in [5, 5.41) is 17.8. The average Bonchev–Trinajstić information content (AvgIpc) is 2.87. The van der Waals surface area contributed by atoms with Crippen LogP contribution in [0.5, 0.6) is 0 Å². The second-order valence-corrected chi connectivity index (χ2v) is 4.45. The highest BCUT2D eigenvalue weighted by Gasteiger charge is 2.39. The van der Waals surface area contributed by atoms with Crippen LogP contribution in [0, 0.1) is 17.1 Å². The fourth-order valence-electron chi connectivity index (χ4n) is 1.89. The highest BCUT2D eigenvalue weighted by molar-refractivity contribution is 5.35. The Labute approximate surface area is 117 Å². The van der Waals surface area contributed by atoms with Crippen molar-refractivity contribution in [3.63, 3.8) is 0 Å². The smallest absolute Gasteiger partial charge is 0.379 e. The maximum Gasteiger partial charge on any atom is 0.418 e. The lowest BCUT2D eigenvalue weighted by Gasteiger charge is -2.12. The monoisotopic (exact) mass is 298 g/mol. The van der Waals surface area contributed by atoms with Gasteiger partial charge in [-0.1, -0.05) is 12.1 Å². The number of benzene rings is 1. The van der Waals surface area contributed by atoms with E-state index in [1.807, 2.05) is 0 Å². The van der Waals surface area contributed by atoms with E-state index >= 15 is 0 Å². The SMILES string of the molecule is N#Cc1cccc(Cn2ccc(C(O)C(F)(F)F)c2)c1F. The molecule has 3 nitrogen and oxygen atoms in total. The van der Waals surface area contributed by atoms with E-state index in [0.29, 0.717) is 0 Å². The molecule has 2 rings (SSSR count). The van der Waals surface area contributed by atoms with E-state index in [1.165, 1.54) is 29.0 Å². The van der Waals surface area contributed by atoms with Crippen LogP contribution in [0.4, 0.5) is 17.6 Å². The summed E-state index contributed by atoms with van der Waals surface area (Å²) in [6.07, 6.45) is -4.92. The lowest BCUT2D eigenvalue weighted by molar-refractivity contribution is -0.206. The Morgan fingerprint density at radius 3 is 2.62 bits per heavy atom. The minimum absolute atomic E-state index is 0.0358. The Hall–Kier alpha value is -2.33. The average molecular weight is 298 g/mol. The van der Waals surface area contributed by atoms with Crippen LogP contribution in [0.1, 0.15) is 22.8 Å². The summed E-state index contributed by atoms with van der Waals surface area (Å²) in [6, 6.07) is 7.05. The van der Waals surface area contributed by atoms with Gasteiger partial charge in [-0.05, 0) is 12.1 Å². The van der Waals surface area contributed by atoms with Gasteiger partial charge in [-0.2, -0.15) is 18.4 Å². The molecule has 21 heavy (non-hydrogen) atoms. The van der Waals surface area contributed by atoms with Gasteiger partial charge in [0.1, 0.15) is 11.9 Å². The van der Waals surface area contributed by atoms with Crippen molar-refractivity contribution >= 4 is 0 Å². The molecule has 0 aliphatic carbocycles. The van der Waals surface area contributed by atoms with Crippen molar-refractivity contribution in [1.82, 2.24) is 4.57 Å². The van der Waals surface area contributed by atoms with Crippen LogP contribution < -0.4 is 0 Å². The normalized spacial score (nSPS) is 13.0. The van der Waals surface area contributed by atoms with Crippen molar-refractivity contribution in [2.24, 2.45) is 0 Å². The second kappa shape index (κ2) is 5.58. The van der Waals surface area contributed by atoms with Crippen molar-refractivity contribution in [2.45, 2.75) is 18.8 Å². The Morgan fingerprint density at radius 1 is 1.29 bits per heavy atom. The van der Waals surface area contributed by atoms with Crippen LogP contribution in [0.15, 0.2) is 36.7 Å². The Bertz CT molecular complexity index is 685. The largest absolute Gasteiger partial charge is 0.418 e. The van der Waals surface area contributed by atoms with E-state index in [9.17, 15) is 17.6 Å². The van der Waals surface area contributed by atoms with E-state index in [1.54, 1.807) is 6.07 Å². The molecule has 0 bridgehead atoms. The lowest BCUT2D eigenvalue weighted by atomic mass is 10.1. The zero-order valence-corrected chi connectivity index (χ0v) is 10.6. The molecule has 7 heteroatoms. The molecule has 0 fully saturated rings. The van der Waals surface area contributed by atoms with Crippen LogP contribution in [-0.2, 0) is 6.54 Å². The first kappa shape index (κ1) is 15.1. The van der Waals surface area contributed by atoms with Gasteiger partial charge < -0.3 is 9.67 Å². The van der Waals surface area contributed by atoms with Gasteiger partial charge in [-0.25, -0.2) is 4.39 Å². The topological polar surface area (TPSA) is 49.0 Å². The predicted molar refractivity (Wildman–Crippen MR) is 65.7 cm³/mol. The summed E-state index contributed by atoms with van der Waals surface area (Å²) in [7, 11) is 0. The zero-order valence-electron chi connectivity index (χ0n) is 10.6. The lowest BCUT2D eigenvalue weighted by Crippen LogP contribution is -2.19. The van der Waals surface area contributed by atoms with Crippen LogP contribution in [-0.4, -0.2) is 15.8 Å². The standard InChI is InChI=1S/C14H10F4N2O/c15-12-9(6-19)2-1-3-10(12)7-20-5-4-11(8-20)13(21)14(16,17)18/h1-5,8,13,21H,7H2.